The molecule has 4 amide bonds. The Labute approximate surface area is 227 Å². The molecule has 2 aliphatic heterocycles. The maximum atomic E-state index is 13.8. The third-order valence-electron chi connectivity index (χ3n) is 7.35. The van der Waals surface area contributed by atoms with Crippen LogP contribution in [-0.4, -0.2) is 56.9 Å². The molecule has 2 aliphatic rings. The van der Waals surface area contributed by atoms with Crippen LogP contribution in [0.5, 0.6) is 0 Å². The van der Waals surface area contributed by atoms with Crippen LogP contribution in [0.4, 0.5) is 0 Å². The highest BCUT2D eigenvalue weighted by atomic mass is 35.5. The van der Waals surface area contributed by atoms with Crippen LogP contribution in [-0.2, 0) is 0 Å². The van der Waals surface area contributed by atoms with E-state index in [4.69, 9.17) is 11.6 Å². The molecule has 194 valence electrons. The quantitative estimate of drug-likeness (QED) is 0.355. The lowest BCUT2D eigenvalue weighted by molar-refractivity contribution is 0.0450. The zero-order valence-electron chi connectivity index (χ0n) is 20.4. The minimum Gasteiger partial charge on any atom is -0.394 e. The fourth-order valence-corrected chi connectivity index (χ4v) is 5.83. The van der Waals surface area contributed by atoms with Gasteiger partial charge in [0.15, 0.2) is 0 Å². The molecule has 0 aliphatic carbocycles. The van der Waals surface area contributed by atoms with E-state index in [1.165, 1.54) is 18.2 Å². The highest BCUT2D eigenvalue weighted by Gasteiger charge is 2.44. The molecular weight excluding hydrogens is 520 g/mol. The van der Waals surface area contributed by atoms with Crippen molar-refractivity contribution in [2.75, 3.05) is 13.2 Å². The van der Waals surface area contributed by atoms with Gasteiger partial charge in [0.05, 0.1) is 41.4 Å². The molecule has 2 N–H and O–H groups in total. The topological polar surface area (TPSA) is 115 Å². The van der Waals surface area contributed by atoms with E-state index in [0.717, 1.165) is 9.80 Å². The van der Waals surface area contributed by atoms with E-state index < -0.39 is 48.9 Å². The minimum atomic E-state index is -0.965. The van der Waals surface area contributed by atoms with E-state index in [9.17, 15) is 29.4 Å². The Morgan fingerprint density at radius 1 is 0.590 bits per heavy atom. The van der Waals surface area contributed by atoms with Crippen LogP contribution >= 0.6 is 11.6 Å². The first-order valence-corrected chi connectivity index (χ1v) is 12.6. The highest BCUT2D eigenvalue weighted by molar-refractivity contribution is 6.41. The zero-order chi connectivity index (χ0) is 27.4. The van der Waals surface area contributed by atoms with Gasteiger partial charge in [0.25, 0.3) is 23.6 Å². The van der Waals surface area contributed by atoms with Crippen molar-refractivity contribution >= 4 is 46.0 Å². The summed E-state index contributed by atoms with van der Waals surface area (Å²) in [6.07, 6.45) is 0. The van der Waals surface area contributed by atoms with Gasteiger partial charge in [0, 0.05) is 21.9 Å². The summed E-state index contributed by atoms with van der Waals surface area (Å²) in [5.74, 6) is -2.75. The number of imide groups is 2. The van der Waals surface area contributed by atoms with Crippen LogP contribution in [0.2, 0.25) is 5.02 Å². The van der Waals surface area contributed by atoms with Gasteiger partial charge in [-0.3, -0.25) is 29.0 Å². The fourth-order valence-electron chi connectivity index (χ4n) is 5.55. The van der Waals surface area contributed by atoms with E-state index in [1.807, 2.05) is 0 Å². The van der Waals surface area contributed by atoms with Crippen LogP contribution in [0, 0.1) is 0 Å². The summed E-state index contributed by atoms with van der Waals surface area (Å²) >= 11 is 6.62. The SMILES string of the molecule is O=C1c2ccc3c4c(c(Cl)cc(c24)C(=O)N1C(CO)c1ccccc1)C(=O)N(C(CO)c1ccccc1)C3=O. The lowest BCUT2D eigenvalue weighted by atomic mass is 9.84. The van der Waals surface area contributed by atoms with Crippen LogP contribution < -0.4 is 0 Å². The number of hydrogen-bond acceptors (Lipinski definition) is 6. The van der Waals surface area contributed by atoms with Gasteiger partial charge in [0.1, 0.15) is 0 Å². The Kier molecular flexibility index (Phi) is 6.03. The van der Waals surface area contributed by atoms with Crippen molar-refractivity contribution in [3.8, 4) is 0 Å². The molecule has 39 heavy (non-hydrogen) atoms. The number of halogens is 1. The molecule has 0 fully saturated rings. The Bertz CT molecular complexity index is 1690. The normalized spacial score (nSPS) is 16.2. The molecular formula is C30H21ClN2O6. The van der Waals surface area contributed by atoms with E-state index in [-0.39, 0.29) is 38.0 Å². The Hall–Kier alpha value is -4.37. The van der Waals surface area contributed by atoms with Gasteiger partial charge in [-0.2, -0.15) is 0 Å². The van der Waals surface area contributed by atoms with Gasteiger partial charge in [-0.15, -0.1) is 0 Å². The molecule has 0 aromatic heterocycles. The van der Waals surface area contributed by atoms with Gasteiger partial charge in [-0.25, -0.2) is 0 Å². The number of benzene rings is 4. The largest absolute Gasteiger partial charge is 0.394 e. The molecule has 0 saturated heterocycles. The number of carbonyl (C=O) groups excluding carboxylic acids is 4. The summed E-state index contributed by atoms with van der Waals surface area (Å²) in [6.45, 7) is -1.01. The molecule has 0 bridgehead atoms. The first-order valence-electron chi connectivity index (χ1n) is 12.3. The summed E-state index contributed by atoms with van der Waals surface area (Å²) in [6, 6.07) is 19.6. The summed E-state index contributed by atoms with van der Waals surface area (Å²) < 4.78 is 0. The standard InChI is InChI=1S/C30H21ClN2O6/c31-21-13-20-24-18(27(36)32(29(20)38)22(14-34)16-7-3-1-4-8-16)11-12-19-25(24)26(21)30(39)33(28(19)37)23(15-35)17-9-5-2-6-10-17/h1-13,22-23,34-35H,14-15H2. The summed E-state index contributed by atoms with van der Waals surface area (Å²) in [5.41, 5.74) is 1.38. The highest BCUT2D eigenvalue weighted by Crippen LogP contribution is 2.44. The minimum absolute atomic E-state index is 0.0166. The second-order valence-corrected chi connectivity index (χ2v) is 9.78. The fraction of sp³-hybridized carbons (Fsp3) is 0.133. The number of aliphatic hydroxyl groups is 2. The lowest BCUT2D eigenvalue weighted by Gasteiger charge is -2.37. The predicted molar refractivity (Wildman–Crippen MR) is 142 cm³/mol. The Morgan fingerprint density at radius 3 is 1.51 bits per heavy atom. The molecule has 4 aromatic rings. The molecule has 0 saturated carbocycles. The molecule has 0 spiro atoms. The van der Waals surface area contributed by atoms with Crippen LogP contribution in [0.1, 0.15) is 64.6 Å². The van der Waals surface area contributed by atoms with Gasteiger partial charge < -0.3 is 10.2 Å². The van der Waals surface area contributed by atoms with Crippen LogP contribution in [0.3, 0.4) is 0 Å². The lowest BCUT2D eigenvalue weighted by Crippen LogP contribution is -2.46. The van der Waals surface area contributed by atoms with Crippen LogP contribution in [0.15, 0.2) is 78.9 Å². The van der Waals surface area contributed by atoms with Gasteiger partial charge in [-0.1, -0.05) is 72.3 Å². The molecule has 2 atom stereocenters. The maximum Gasteiger partial charge on any atom is 0.263 e. The van der Waals surface area contributed by atoms with Crippen molar-refractivity contribution in [3.63, 3.8) is 0 Å². The van der Waals surface area contributed by atoms with Crippen molar-refractivity contribution in [1.29, 1.82) is 0 Å². The number of amides is 4. The number of rotatable bonds is 6. The van der Waals surface area contributed by atoms with E-state index in [2.05, 4.69) is 0 Å². The molecule has 0 radical (unpaired) electrons. The predicted octanol–water partition coefficient (Wildman–Crippen LogP) is 4.15. The second-order valence-electron chi connectivity index (χ2n) is 9.37. The third kappa shape index (κ3) is 3.60. The Morgan fingerprint density at radius 2 is 1.03 bits per heavy atom. The smallest absolute Gasteiger partial charge is 0.263 e. The number of carbonyl (C=O) groups is 4. The summed E-state index contributed by atoms with van der Waals surface area (Å²) in [7, 11) is 0. The maximum absolute atomic E-state index is 13.8. The van der Waals surface area contributed by atoms with Crippen LogP contribution in [0.25, 0.3) is 10.8 Å². The molecule has 8 nitrogen and oxygen atoms in total. The number of nitrogens with zero attached hydrogens (tertiary/aromatic N) is 2. The molecule has 2 unspecified atom stereocenters. The van der Waals surface area contributed by atoms with Crippen molar-refractivity contribution in [2.24, 2.45) is 0 Å². The average molecular weight is 541 g/mol. The first kappa shape index (κ1) is 24.9. The van der Waals surface area contributed by atoms with E-state index in [1.54, 1.807) is 60.7 Å². The summed E-state index contributed by atoms with van der Waals surface area (Å²) in [4.78, 5) is 57.0. The van der Waals surface area contributed by atoms with Gasteiger partial charge in [-0.05, 0) is 29.3 Å². The first-order chi connectivity index (χ1) is 18.9. The van der Waals surface area contributed by atoms with E-state index in [0.29, 0.717) is 11.1 Å². The van der Waals surface area contributed by atoms with Gasteiger partial charge >= 0.3 is 0 Å². The molecule has 4 aromatic carbocycles. The zero-order valence-corrected chi connectivity index (χ0v) is 21.1. The van der Waals surface area contributed by atoms with Gasteiger partial charge in [0.2, 0.25) is 0 Å². The molecule has 6 rings (SSSR count). The average Bonchev–Trinajstić information content (AvgIpc) is 2.96. The third-order valence-corrected chi connectivity index (χ3v) is 7.65. The molecule has 9 heteroatoms. The number of aliphatic hydroxyl groups excluding tert-OH is 2. The van der Waals surface area contributed by atoms with Crippen molar-refractivity contribution in [2.45, 2.75) is 12.1 Å². The van der Waals surface area contributed by atoms with Crippen molar-refractivity contribution in [1.82, 2.24) is 9.80 Å². The second kappa shape index (κ2) is 9.43. The molecule has 2 heterocycles. The Balaban J connectivity index is 1.53. The monoisotopic (exact) mass is 540 g/mol. The summed E-state index contributed by atoms with van der Waals surface area (Å²) in [5, 5.41) is 20.6. The van der Waals surface area contributed by atoms with Crippen molar-refractivity contribution < 1.29 is 29.4 Å². The van der Waals surface area contributed by atoms with Crippen molar-refractivity contribution in [3.05, 3.63) is 117 Å². The van der Waals surface area contributed by atoms with E-state index >= 15 is 0 Å². The number of hydrogen-bond donors (Lipinski definition) is 2.